The lowest BCUT2D eigenvalue weighted by Crippen LogP contribution is -1.99. The highest BCUT2D eigenvalue weighted by atomic mass is 16.5. The predicted molar refractivity (Wildman–Crippen MR) is 67.4 cm³/mol. The fourth-order valence-corrected chi connectivity index (χ4v) is 2.74. The largest absolute Gasteiger partial charge is 0.493 e. The molecule has 1 fully saturated rings. The second-order valence-electron chi connectivity index (χ2n) is 4.63. The highest BCUT2D eigenvalue weighted by Gasteiger charge is 2.24. The van der Waals surface area contributed by atoms with Gasteiger partial charge in [0.15, 0.2) is 11.4 Å². The summed E-state index contributed by atoms with van der Waals surface area (Å²) in [6.45, 7) is 0. The molecule has 2 aromatic rings. The molecule has 2 heterocycles. The Morgan fingerprint density at radius 3 is 2.88 bits per heavy atom. The molecule has 0 unspecified atom stereocenters. The van der Waals surface area contributed by atoms with Crippen molar-refractivity contribution in [3.8, 4) is 5.75 Å². The summed E-state index contributed by atoms with van der Waals surface area (Å²) in [6.07, 6.45) is 6.93. The Bertz CT molecular complexity index is 541. The highest BCUT2D eigenvalue weighted by Crippen LogP contribution is 2.37. The number of hydrogen-bond donors (Lipinski definition) is 1. The van der Waals surface area contributed by atoms with E-state index in [1.807, 2.05) is 22.7 Å². The van der Waals surface area contributed by atoms with Crippen LogP contribution in [0.3, 0.4) is 0 Å². The number of nitrogens with two attached hydrogens (primary N) is 1. The molecule has 0 amide bonds. The van der Waals surface area contributed by atoms with E-state index in [1.165, 1.54) is 25.7 Å². The lowest BCUT2D eigenvalue weighted by Gasteiger charge is -2.05. The van der Waals surface area contributed by atoms with Gasteiger partial charge in [-0.2, -0.15) is 0 Å². The standard InChI is InChI=1S/C13H17N3O/c1-17-10-7-4-8-16-12(14)11(15-13(10)16)9-5-2-3-6-9/h4,7-9H,2-3,5-6,14H2,1H3. The Balaban J connectivity index is 2.16. The second-order valence-corrected chi connectivity index (χ2v) is 4.63. The number of imidazole rings is 1. The molecule has 0 radical (unpaired) electrons. The molecule has 1 aliphatic rings. The fraction of sp³-hybridized carbons (Fsp3) is 0.462. The van der Waals surface area contributed by atoms with E-state index in [2.05, 4.69) is 4.98 Å². The summed E-state index contributed by atoms with van der Waals surface area (Å²) in [7, 11) is 1.66. The number of aromatic nitrogens is 2. The normalized spacial score (nSPS) is 16.8. The molecule has 0 bridgehead atoms. The predicted octanol–water partition coefficient (Wildman–Crippen LogP) is 2.58. The van der Waals surface area contributed by atoms with E-state index in [0.29, 0.717) is 5.92 Å². The first-order valence-electron chi connectivity index (χ1n) is 6.11. The molecule has 2 aromatic heterocycles. The molecule has 0 aliphatic heterocycles. The molecule has 17 heavy (non-hydrogen) atoms. The van der Waals surface area contributed by atoms with Crippen molar-refractivity contribution < 1.29 is 4.74 Å². The lowest BCUT2D eigenvalue weighted by atomic mass is 10.0. The van der Waals surface area contributed by atoms with Crippen molar-refractivity contribution in [2.75, 3.05) is 12.8 Å². The van der Waals surface area contributed by atoms with Gasteiger partial charge in [-0.05, 0) is 25.0 Å². The number of rotatable bonds is 2. The number of anilines is 1. The molecule has 1 aliphatic carbocycles. The van der Waals surface area contributed by atoms with Gasteiger partial charge in [-0.1, -0.05) is 12.8 Å². The highest BCUT2D eigenvalue weighted by molar-refractivity contribution is 5.61. The van der Waals surface area contributed by atoms with Crippen molar-refractivity contribution in [1.82, 2.24) is 9.38 Å². The lowest BCUT2D eigenvalue weighted by molar-refractivity contribution is 0.417. The Labute approximate surface area is 100 Å². The first kappa shape index (κ1) is 10.4. The van der Waals surface area contributed by atoms with Crippen LogP contribution in [0.1, 0.15) is 37.3 Å². The minimum atomic E-state index is 0.527. The van der Waals surface area contributed by atoms with Gasteiger partial charge >= 0.3 is 0 Å². The first-order valence-corrected chi connectivity index (χ1v) is 6.11. The van der Waals surface area contributed by atoms with Gasteiger partial charge in [0.25, 0.3) is 0 Å². The van der Waals surface area contributed by atoms with Crippen LogP contribution in [0.5, 0.6) is 5.75 Å². The third kappa shape index (κ3) is 1.55. The SMILES string of the molecule is COc1cccn2c(N)c(C3CCCC3)nc12. The minimum absolute atomic E-state index is 0.527. The maximum atomic E-state index is 6.19. The smallest absolute Gasteiger partial charge is 0.181 e. The summed E-state index contributed by atoms with van der Waals surface area (Å²) in [6, 6.07) is 3.85. The van der Waals surface area contributed by atoms with E-state index in [9.17, 15) is 0 Å². The maximum absolute atomic E-state index is 6.19. The van der Waals surface area contributed by atoms with Crippen LogP contribution in [0.2, 0.25) is 0 Å². The zero-order valence-electron chi connectivity index (χ0n) is 10.0. The van der Waals surface area contributed by atoms with Crippen molar-refractivity contribution in [1.29, 1.82) is 0 Å². The van der Waals surface area contributed by atoms with Crippen molar-refractivity contribution in [3.05, 3.63) is 24.0 Å². The van der Waals surface area contributed by atoms with E-state index in [0.717, 1.165) is 22.9 Å². The van der Waals surface area contributed by atoms with Crippen LogP contribution in [0, 0.1) is 0 Å². The third-order valence-corrected chi connectivity index (χ3v) is 3.64. The van der Waals surface area contributed by atoms with E-state index in [-0.39, 0.29) is 0 Å². The monoisotopic (exact) mass is 231 g/mol. The number of methoxy groups -OCH3 is 1. The molecule has 0 aromatic carbocycles. The summed E-state index contributed by atoms with van der Waals surface area (Å²) >= 11 is 0. The number of fused-ring (bicyclic) bond motifs is 1. The Hall–Kier alpha value is -1.71. The van der Waals surface area contributed by atoms with Crippen molar-refractivity contribution in [2.24, 2.45) is 0 Å². The van der Waals surface area contributed by atoms with E-state index in [1.54, 1.807) is 7.11 Å². The molecule has 4 heteroatoms. The molecule has 3 rings (SSSR count). The number of nitrogen functional groups attached to an aromatic ring is 1. The zero-order chi connectivity index (χ0) is 11.8. The van der Waals surface area contributed by atoms with Gasteiger partial charge in [0, 0.05) is 12.1 Å². The van der Waals surface area contributed by atoms with Crippen LogP contribution in [-0.2, 0) is 0 Å². The van der Waals surface area contributed by atoms with E-state index < -0.39 is 0 Å². The van der Waals surface area contributed by atoms with Crippen molar-refractivity contribution in [3.63, 3.8) is 0 Å². The van der Waals surface area contributed by atoms with Crippen LogP contribution >= 0.6 is 0 Å². The minimum Gasteiger partial charge on any atom is -0.493 e. The summed E-state index contributed by atoms with van der Waals surface area (Å²) in [5, 5.41) is 0. The Morgan fingerprint density at radius 1 is 1.41 bits per heavy atom. The molecule has 2 N–H and O–H groups in total. The number of nitrogens with zero attached hydrogens (tertiary/aromatic N) is 2. The van der Waals surface area contributed by atoms with Crippen LogP contribution in [0.15, 0.2) is 18.3 Å². The average Bonchev–Trinajstić information content (AvgIpc) is 2.97. The topological polar surface area (TPSA) is 52.5 Å². The number of ether oxygens (including phenoxy) is 1. The van der Waals surface area contributed by atoms with Crippen molar-refractivity contribution >= 4 is 11.5 Å². The quantitative estimate of drug-likeness (QED) is 0.864. The number of pyridine rings is 1. The average molecular weight is 231 g/mol. The first-order chi connectivity index (χ1) is 8.31. The zero-order valence-corrected chi connectivity index (χ0v) is 10.0. The third-order valence-electron chi connectivity index (χ3n) is 3.64. The summed E-state index contributed by atoms with van der Waals surface area (Å²) < 4.78 is 7.24. The van der Waals surface area contributed by atoms with Crippen LogP contribution in [0.25, 0.3) is 5.65 Å². The fourth-order valence-electron chi connectivity index (χ4n) is 2.74. The second kappa shape index (κ2) is 3.95. The molecular weight excluding hydrogens is 214 g/mol. The molecule has 0 saturated heterocycles. The van der Waals surface area contributed by atoms with Gasteiger partial charge in [-0.25, -0.2) is 4.98 Å². The molecular formula is C13H17N3O. The van der Waals surface area contributed by atoms with E-state index >= 15 is 0 Å². The van der Waals surface area contributed by atoms with Gasteiger partial charge in [0.2, 0.25) is 0 Å². The summed E-state index contributed by atoms with van der Waals surface area (Å²) in [4.78, 5) is 4.68. The van der Waals surface area contributed by atoms with Crippen molar-refractivity contribution in [2.45, 2.75) is 31.6 Å². The Morgan fingerprint density at radius 2 is 2.18 bits per heavy atom. The van der Waals surface area contributed by atoms with E-state index in [4.69, 9.17) is 10.5 Å². The number of hydrogen-bond acceptors (Lipinski definition) is 3. The van der Waals surface area contributed by atoms with Crippen LogP contribution in [-0.4, -0.2) is 16.5 Å². The van der Waals surface area contributed by atoms with Crippen LogP contribution < -0.4 is 10.5 Å². The van der Waals surface area contributed by atoms with Gasteiger partial charge in [-0.15, -0.1) is 0 Å². The molecule has 90 valence electrons. The molecule has 0 spiro atoms. The van der Waals surface area contributed by atoms with Crippen LogP contribution in [0.4, 0.5) is 5.82 Å². The molecule has 0 atom stereocenters. The van der Waals surface area contributed by atoms with Gasteiger partial charge in [0.1, 0.15) is 5.82 Å². The molecule has 1 saturated carbocycles. The molecule has 4 nitrogen and oxygen atoms in total. The van der Waals surface area contributed by atoms with Gasteiger partial charge in [0.05, 0.1) is 12.8 Å². The van der Waals surface area contributed by atoms with Gasteiger partial charge in [-0.3, -0.25) is 4.40 Å². The van der Waals surface area contributed by atoms with Gasteiger partial charge < -0.3 is 10.5 Å². The summed E-state index contributed by atoms with van der Waals surface area (Å²) in [5.41, 5.74) is 8.06. The Kier molecular flexibility index (Phi) is 2.42. The summed E-state index contributed by atoms with van der Waals surface area (Å²) in [5.74, 6) is 2.08. The maximum Gasteiger partial charge on any atom is 0.181 e.